The minimum atomic E-state index is 0.138. The van der Waals surface area contributed by atoms with Crippen LogP contribution in [0.3, 0.4) is 0 Å². The van der Waals surface area contributed by atoms with Gasteiger partial charge in [-0.05, 0) is 113 Å². The third-order valence-corrected chi connectivity index (χ3v) is 13.3. The second kappa shape index (κ2) is 33.0. The summed E-state index contributed by atoms with van der Waals surface area (Å²) in [6.45, 7) is 33.2. The number of carbonyl (C=O) groups excluding carboxylic acids is 4. The SMILES string of the molecule is CC.CC.CC1CCC(CC(=O)C(C)C)CC1.CC1CCC(CC(=O)C(C)C)CC1.CC1CCC(N(C)C(=O)C(C)C)CC1.CC1CCC(N(C)C(=O)C(C)C)CC1. The minimum Gasteiger partial charge on any atom is -0.343 e. The van der Waals surface area contributed by atoms with Crippen molar-refractivity contribution >= 4 is 23.4 Å². The molecule has 4 rings (SSSR count). The number of amides is 2. The van der Waals surface area contributed by atoms with E-state index >= 15 is 0 Å². The zero-order chi connectivity index (χ0) is 45.1. The zero-order valence-corrected chi connectivity index (χ0v) is 42.2. The van der Waals surface area contributed by atoms with Crippen molar-refractivity contribution in [2.24, 2.45) is 59.2 Å². The predicted octanol–water partition coefficient (Wildman–Crippen LogP) is 14.3. The highest BCUT2D eigenvalue weighted by atomic mass is 16.2. The lowest BCUT2D eigenvalue weighted by molar-refractivity contribution is -0.136. The molecule has 344 valence electrons. The van der Waals surface area contributed by atoms with Gasteiger partial charge in [-0.25, -0.2) is 0 Å². The van der Waals surface area contributed by atoms with Crippen LogP contribution in [0.4, 0.5) is 0 Å². The first kappa shape index (κ1) is 58.4. The fraction of sp³-hybridized carbons (Fsp3) is 0.923. The zero-order valence-electron chi connectivity index (χ0n) is 42.2. The van der Waals surface area contributed by atoms with E-state index in [1.165, 1.54) is 103 Å². The molecule has 0 radical (unpaired) electrons. The molecule has 0 aromatic carbocycles. The number of hydrogen-bond acceptors (Lipinski definition) is 4. The Labute approximate surface area is 363 Å². The number of rotatable bonds is 10. The number of hydrogen-bond donors (Lipinski definition) is 0. The van der Waals surface area contributed by atoms with Crippen molar-refractivity contribution in [2.75, 3.05) is 14.1 Å². The van der Waals surface area contributed by atoms with Crippen molar-refractivity contribution in [3.8, 4) is 0 Å². The average Bonchev–Trinajstić information content (AvgIpc) is 3.21. The number of carbonyl (C=O) groups is 4. The van der Waals surface area contributed by atoms with E-state index < -0.39 is 0 Å². The van der Waals surface area contributed by atoms with Crippen molar-refractivity contribution in [3.05, 3.63) is 0 Å². The molecule has 0 heterocycles. The van der Waals surface area contributed by atoms with E-state index in [1.54, 1.807) is 0 Å². The van der Waals surface area contributed by atoms with E-state index in [-0.39, 0.29) is 23.7 Å². The van der Waals surface area contributed by atoms with E-state index in [2.05, 4.69) is 27.7 Å². The standard InChI is InChI=1S/2C12H23NO.2C12H22O.2C2H6/c2*1-9(2)12(14)13(4)11-7-5-10(3)6-8-11;2*1-9(2)12(13)8-11-6-4-10(3)5-7-11;2*1-2/h2*9-11H,5-8H2,1-4H3;2*9-11H,4-8H2,1-3H3;2*1-2H3. The van der Waals surface area contributed by atoms with Crippen molar-refractivity contribution in [3.63, 3.8) is 0 Å². The van der Waals surface area contributed by atoms with Crippen LogP contribution in [0.5, 0.6) is 0 Å². The summed E-state index contributed by atoms with van der Waals surface area (Å²) in [6, 6.07) is 1.00. The van der Waals surface area contributed by atoms with Gasteiger partial charge in [0.2, 0.25) is 11.8 Å². The normalized spacial score (nSPS) is 26.7. The van der Waals surface area contributed by atoms with Gasteiger partial charge < -0.3 is 9.80 Å². The molecule has 0 aromatic rings. The molecule has 4 fully saturated rings. The van der Waals surface area contributed by atoms with Crippen molar-refractivity contribution in [1.82, 2.24) is 9.80 Å². The predicted molar refractivity (Wildman–Crippen MR) is 252 cm³/mol. The quantitative estimate of drug-likeness (QED) is 0.220. The lowest BCUT2D eigenvalue weighted by atomic mass is 9.80. The summed E-state index contributed by atoms with van der Waals surface area (Å²) in [5.41, 5.74) is 0. The molecule has 0 aliphatic heterocycles. The third kappa shape index (κ3) is 25.1. The summed E-state index contributed by atoms with van der Waals surface area (Å²) in [6.07, 6.45) is 22.0. The smallest absolute Gasteiger partial charge is 0.225 e. The highest BCUT2D eigenvalue weighted by Gasteiger charge is 2.27. The molecule has 6 heteroatoms. The van der Waals surface area contributed by atoms with Crippen molar-refractivity contribution < 1.29 is 19.2 Å². The van der Waals surface area contributed by atoms with Crippen LogP contribution in [0.15, 0.2) is 0 Å². The average molecular weight is 819 g/mol. The summed E-state index contributed by atoms with van der Waals surface area (Å²) in [5.74, 6) is 7.15. The molecule has 0 bridgehead atoms. The van der Waals surface area contributed by atoms with Crippen LogP contribution in [-0.2, 0) is 19.2 Å². The van der Waals surface area contributed by atoms with Crippen molar-refractivity contribution in [1.29, 1.82) is 0 Å². The van der Waals surface area contributed by atoms with E-state index in [0.717, 1.165) is 36.5 Å². The number of Topliss-reactive ketones (excluding diaryl/α,β-unsaturated/α-hetero) is 2. The fourth-order valence-corrected chi connectivity index (χ4v) is 8.54. The molecule has 58 heavy (non-hydrogen) atoms. The molecule has 0 saturated heterocycles. The maximum Gasteiger partial charge on any atom is 0.225 e. The van der Waals surface area contributed by atoms with E-state index in [0.29, 0.717) is 47.3 Å². The lowest BCUT2D eigenvalue weighted by Crippen LogP contribution is -2.41. The molecule has 4 aliphatic rings. The fourth-order valence-electron chi connectivity index (χ4n) is 8.54. The number of ketones is 2. The topological polar surface area (TPSA) is 74.8 Å². The summed E-state index contributed by atoms with van der Waals surface area (Å²) in [4.78, 5) is 50.4. The maximum atomic E-state index is 11.7. The Balaban J connectivity index is 0. The Morgan fingerprint density at radius 2 is 0.586 bits per heavy atom. The second-order valence-corrected chi connectivity index (χ2v) is 19.9. The molecule has 4 saturated carbocycles. The molecule has 0 aromatic heterocycles. The Bertz CT molecular complexity index is 967. The van der Waals surface area contributed by atoms with Crippen LogP contribution in [-0.4, -0.2) is 59.4 Å². The van der Waals surface area contributed by atoms with Gasteiger partial charge in [0, 0.05) is 62.7 Å². The van der Waals surface area contributed by atoms with Gasteiger partial charge in [0.25, 0.3) is 0 Å². The molecule has 0 N–H and O–H groups in total. The van der Waals surface area contributed by atoms with Gasteiger partial charge in [-0.1, -0.05) is 136 Å². The largest absolute Gasteiger partial charge is 0.343 e. The molecular weight excluding hydrogens is 717 g/mol. The van der Waals surface area contributed by atoms with Gasteiger partial charge >= 0.3 is 0 Å². The Morgan fingerprint density at radius 1 is 0.379 bits per heavy atom. The van der Waals surface area contributed by atoms with E-state index in [1.807, 2.05) is 107 Å². The highest BCUT2D eigenvalue weighted by molar-refractivity contribution is 5.81. The van der Waals surface area contributed by atoms with Crippen LogP contribution in [0.25, 0.3) is 0 Å². The Kier molecular flexibility index (Phi) is 33.2. The monoisotopic (exact) mass is 819 g/mol. The molecule has 4 aliphatic carbocycles. The van der Waals surface area contributed by atoms with Crippen LogP contribution < -0.4 is 0 Å². The van der Waals surface area contributed by atoms with Crippen LogP contribution in [0.1, 0.15) is 226 Å². The molecule has 6 nitrogen and oxygen atoms in total. The minimum absolute atomic E-state index is 0.138. The van der Waals surface area contributed by atoms with Gasteiger partial charge in [-0.2, -0.15) is 0 Å². The summed E-state index contributed by atoms with van der Waals surface area (Å²) in [5, 5.41) is 0. The molecule has 0 atom stereocenters. The van der Waals surface area contributed by atoms with Gasteiger partial charge in [-0.15, -0.1) is 0 Å². The van der Waals surface area contributed by atoms with Gasteiger partial charge in [0.15, 0.2) is 0 Å². The third-order valence-electron chi connectivity index (χ3n) is 13.3. The Hall–Kier alpha value is -1.72. The van der Waals surface area contributed by atoms with Crippen LogP contribution in [0.2, 0.25) is 0 Å². The lowest BCUT2D eigenvalue weighted by Gasteiger charge is -2.34. The Morgan fingerprint density at radius 3 is 0.776 bits per heavy atom. The van der Waals surface area contributed by atoms with Crippen molar-refractivity contribution in [2.45, 2.75) is 238 Å². The highest BCUT2D eigenvalue weighted by Crippen LogP contribution is 2.32. The first-order valence-corrected chi connectivity index (χ1v) is 24.8. The second-order valence-electron chi connectivity index (χ2n) is 19.9. The van der Waals surface area contributed by atoms with Gasteiger partial charge in [0.05, 0.1) is 0 Å². The van der Waals surface area contributed by atoms with Crippen LogP contribution >= 0.6 is 0 Å². The van der Waals surface area contributed by atoms with Crippen LogP contribution in [0, 0.1) is 59.2 Å². The van der Waals surface area contributed by atoms with E-state index in [4.69, 9.17) is 0 Å². The molecular formula is C52H102N2O4. The van der Waals surface area contributed by atoms with Gasteiger partial charge in [-0.3, -0.25) is 19.2 Å². The summed E-state index contributed by atoms with van der Waals surface area (Å²) < 4.78 is 0. The summed E-state index contributed by atoms with van der Waals surface area (Å²) in [7, 11) is 3.92. The van der Waals surface area contributed by atoms with E-state index in [9.17, 15) is 19.2 Å². The van der Waals surface area contributed by atoms with Gasteiger partial charge in [0.1, 0.15) is 11.6 Å². The first-order valence-electron chi connectivity index (χ1n) is 24.8. The maximum absolute atomic E-state index is 11.7. The number of nitrogens with zero attached hydrogens (tertiary/aromatic N) is 2. The molecule has 0 unspecified atom stereocenters. The first-order chi connectivity index (χ1) is 27.2. The molecule has 2 amide bonds. The molecule has 0 spiro atoms. The summed E-state index contributed by atoms with van der Waals surface area (Å²) >= 11 is 0.